The molecule has 0 unspecified atom stereocenters. The molecule has 0 atom stereocenters. The molecule has 0 saturated carbocycles. The Labute approximate surface area is 124 Å². The Morgan fingerprint density at radius 3 is 2.35 bits per heavy atom. The van der Waals surface area contributed by atoms with Gasteiger partial charge in [-0.15, -0.1) is 0 Å². The van der Waals surface area contributed by atoms with Crippen molar-refractivity contribution < 1.29 is 9.72 Å². The van der Waals surface area contributed by atoms with Crippen LogP contribution in [0, 0.1) is 24.0 Å². The van der Waals surface area contributed by atoms with Crippen LogP contribution in [0.4, 0.5) is 5.69 Å². The van der Waals surface area contributed by atoms with Gasteiger partial charge >= 0.3 is 0 Å². The van der Waals surface area contributed by atoms with Crippen LogP contribution in [0.5, 0.6) is 0 Å². The van der Waals surface area contributed by atoms with Gasteiger partial charge in [0, 0.05) is 27.7 Å². The third-order valence-electron chi connectivity index (χ3n) is 3.11. The van der Waals surface area contributed by atoms with E-state index in [1.807, 2.05) is 13.0 Å². The van der Waals surface area contributed by atoms with Crippen molar-refractivity contribution in [1.82, 2.24) is 0 Å². The van der Waals surface area contributed by atoms with Gasteiger partial charge in [0.25, 0.3) is 5.69 Å². The highest BCUT2D eigenvalue weighted by Gasteiger charge is 2.17. The normalized spacial score (nSPS) is 10.3. The van der Waals surface area contributed by atoms with Gasteiger partial charge < -0.3 is 0 Å². The van der Waals surface area contributed by atoms with Crippen molar-refractivity contribution >= 4 is 27.4 Å². The number of nitrogens with zero attached hydrogens (tertiary/aromatic N) is 1. The zero-order chi connectivity index (χ0) is 14.9. The molecule has 0 aliphatic carbocycles. The quantitative estimate of drug-likeness (QED) is 0.480. The molecule has 4 nitrogen and oxygen atoms in total. The highest BCUT2D eigenvalue weighted by molar-refractivity contribution is 9.10. The maximum Gasteiger partial charge on any atom is 0.270 e. The van der Waals surface area contributed by atoms with Crippen molar-refractivity contribution in [2.45, 2.75) is 13.8 Å². The SMILES string of the molecule is Cc1cc(Br)ccc1C(=O)c1cc([N+](=O)[O-])ccc1C. The van der Waals surface area contributed by atoms with Crippen molar-refractivity contribution in [3.8, 4) is 0 Å². The minimum atomic E-state index is -0.495. The second kappa shape index (κ2) is 5.54. The molecule has 2 aromatic rings. The van der Waals surface area contributed by atoms with Crippen molar-refractivity contribution in [2.75, 3.05) is 0 Å². The third kappa shape index (κ3) is 2.77. The average Bonchev–Trinajstić information content (AvgIpc) is 2.38. The van der Waals surface area contributed by atoms with Crippen molar-refractivity contribution in [3.05, 3.63) is 73.2 Å². The number of ketones is 1. The number of aryl methyl sites for hydroxylation is 2. The summed E-state index contributed by atoms with van der Waals surface area (Å²) in [5.41, 5.74) is 2.40. The fourth-order valence-electron chi connectivity index (χ4n) is 2.00. The number of halogens is 1. The van der Waals surface area contributed by atoms with Gasteiger partial charge in [-0.05, 0) is 43.2 Å². The minimum Gasteiger partial charge on any atom is -0.289 e. The molecular weight excluding hydrogens is 322 g/mol. The number of benzene rings is 2. The summed E-state index contributed by atoms with van der Waals surface area (Å²) in [6, 6.07) is 9.69. The highest BCUT2D eigenvalue weighted by Crippen LogP contribution is 2.23. The lowest BCUT2D eigenvalue weighted by atomic mass is 9.96. The number of carbonyl (C=O) groups excluding carboxylic acids is 1. The average molecular weight is 334 g/mol. The lowest BCUT2D eigenvalue weighted by Gasteiger charge is -2.08. The highest BCUT2D eigenvalue weighted by atomic mass is 79.9. The van der Waals surface area contributed by atoms with E-state index < -0.39 is 4.92 Å². The van der Waals surface area contributed by atoms with Gasteiger partial charge in [-0.1, -0.05) is 22.0 Å². The number of carbonyl (C=O) groups is 1. The minimum absolute atomic E-state index is 0.0753. The predicted molar refractivity (Wildman–Crippen MR) is 80.1 cm³/mol. The van der Waals surface area contributed by atoms with Crippen LogP contribution < -0.4 is 0 Å². The van der Waals surface area contributed by atoms with E-state index in [9.17, 15) is 14.9 Å². The number of nitro groups is 1. The first kappa shape index (κ1) is 14.4. The van der Waals surface area contributed by atoms with E-state index in [0.29, 0.717) is 11.1 Å². The molecule has 0 fully saturated rings. The fraction of sp³-hybridized carbons (Fsp3) is 0.133. The fourth-order valence-corrected chi connectivity index (χ4v) is 2.47. The Bertz CT molecular complexity index is 710. The van der Waals surface area contributed by atoms with E-state index in [0.717, 1.165) is 15.6 Å². The van der Waals surface area contributed by atoms with Crippen molar-refractivity contribution in [3.63, 3.8) is 0 Å². The van der Waals surface area contributed by atoms with E-state index >= 15 is 0 Å². The molecule has 0 heterocycles. The lowest BCUT2D eigenvalue weighted by Crippen LogP contribution is -2.06. The molecule has 0 saturated heterocycles. The molecule has 0 aromatic heterocycles. The molecule has 0 N–H and O–H groups in total. The molecule has 20 heavy (non-hydrogen) atoms. The molecule has 0 aliphatic heterocycles. The molecule has 0 spiro atoms. The van der Waals surface area contributed by atoms with E-state index in [1.165, 1.54) is 12.1 Å². The Kier molecular flexibility index (Phi) is 3.99. The van der Waals surface area contributed by atoms with E-state index in [2.05, 4.69) is 15.9 Å². The van der Waals surface area contributed by atoms with Crippen molar-refractivity contribution in [2.24, 2.45) is 0 Å². The van der Waals surface area contributed by atoms with Gasteiger partial charge in [-0.2, -0.15) is 0 Å². The number of hydrogen-bond donors (Lipinski definition) is 0. The van der Waals surface area contributed by atoms with Gasteiger partial charge in [0.05, 0.1) is 4.92 Å². The standard InChI is InChI=1S/C15H12BrNO3/c1-9-3-5-12(17(19)20)8-14(9)15(18)13-6-4-11(16)7-10(13)2/h3-8H,1-2H3. The largest absolute Gasteiger partial charge is 0.289 e. The summed E-state index contributed by atoms with van der Waals surface area (Å²) < 4.78 is 0.891. The zero-order valence-electron chi connectivity index (χ0n) is 11.0. The van der Waals surface area contributed by atoms with Crippen LogP contribution in [-0.4, -0.2) is 10.7 Å². The molecular formula is C15H12BrNO3. The summed E-state index contributed by atoms with van der Waals surface area (Å²) in [5, 5.41) is 10.8. The molecule has 2 aromatic carbocycles. The molecule has 102 valence electrons. The van der Waals surface area contributed by atoms with Gasteiger partial charge in [0.1, 0.15) is 0 Å². The van der Waals surface area contributed by atoms with Crippen LogP contribution in [0.1, 0.15) is 27.0 Å². The molecule has 0 amide bonds. The number of non-ortho nitro benzene ring substituents is 1. The van der Waals surface area contributed by atoms with Gasteiger partial charge in [0.2, 0.25) is 0 Å². The van der Waals surface area contributed by atoms with E-state index in [1.54, 1.807) is 25.1 Å². The molecule has 5 heteroatoms. The van der Waals surface area contributed by atoms with E-state index in [4.69, 9.17) is 0 Å². The van der Waals surface area contributed by atoms with Crippen molar-refractivity contribution in [1.29, 1.82) is 0 Å². The monoisotopic (exact) mass is 333 g/mol. The molecule has 0 bridgehead atoms. The van der Waals surface area contributed by atoms with Crippen LogP contribution in [0.25, 0.3) is 0 Å². The van der Waals surface area contributed by atoms with Crippen LogP contribution in [0.2, 0.25) is 0 Å². The topological polar surface area (TPSA) is 60.2 Å². The Balaban J connectivity index is 2.53. The molecule has 0 radical (unpaired) electrons. The number of nitro benzene ring substituents is 1. The maximum atomic E-state index is 12.5. The van der Waals surface area contributed by atoms with Crippen LogP contribution in [0.3, 0.4) is 0 Å². The summed E-state index contributed by atoms with van der Waals surface area (Å²) in [6.07, 6.45) is 0. The van der Waals surface area contributed by atoms with Gasteiger partial charge in [-0.25, -0.2) is 0 Å². The number of rotatable bonds is 3. The first-order valence-corrected chi connectivity index (χ1v) is 6.75. The molecule has 2 rings (SSSR count). The predicted octanol–water partition coefficient (Wildman–Crippen LogP) is 4.21. The smallest absolute Gasteiger partial charge is 0.270 e. The van der Waals surface area contributed by atoms with Crippen LogP contribution in [-0.2, 0) is 0 Å². The van der Waals surface area contributed by atoms with E-state index in [-0.39, 0.29) is 11.5 Å². The lowest BCUT2D eigenvalue weighted by molar-refractivity contribution is -0.384. The Morgan fingerprint density at radius 2 is 1.75 bits per heavy atom. The second-order valence-corrected chi connectivity index (χ2v) is 5.46. The van der Waals surface area contributed by atoms with Crippen LogP contribution in [0.15, 0.2) is 40.9 Å². The summed E-state index contributed by atoms with van der Waals surface area (Å²) in [6.45, 7) is 3.61. The summed E-state index contributed by atoms with van der Waals surface area (Å²) in [7, 11) is 0. The Morgan fingerprint density at radius 1 is 1.05 bits per heavy atom. The molecule has 0 aliphatic rings. The second-order valence-electron chi connectivity index (χ2n) is 4.54. The Hall–Kier alpha value is -2.01. The van der Waals surface area contributed by atoms with Gasteiger partial charge in [0.15, 0.2) is 5.78 Å². The summed E-state index contributed by atoms with van der Waals surface area (Å²) in [5.74, 6) is -0.198. The summed E-state index contributed by atoms with van der Waals surface area (Å²) in [4.78, 5) is 22.9. The summed E-state index contributed by atoms with van der Waals surface area (Å²) >= 11 is 3.35. The third-order valence-corrected chi connectivity index (χ3v) is 3.60. The first-order chi connectivity index (χ1) is 9.40. The maximum absolute atomic E-state index is 12.5. The van der Waals surface area contributed by atoms with Crippen LogP contribution >= 0.6 is 15.9 Å². The zero-order valence-corrected chi connectivity index (χ0v) is 12.6. The number of hydrogen-bond acceptors (Lipinski definition) is 3. The first-order valence-electron chi connectivity index (χ1n) is 5.96. The van der Waals surface area contributed by atoms with Gasteiger partial charge in [-0.3, -0.25) is 14.9 Å².